The summed E-state index contributed by atoms with van der Waals surface area (Å²) in [5, 5.41) is 21.6. The van der Waals surface area contributed by atoms with Crippen molar-refractivity contribution >= 4 is 5.78 Å². The van der Waals surface area contributed by atoms with Crippen LogP contribution in [0.15, 0.2) is 78.9 Å². The molecule has 0 aliphatic rings. The standard InChI is InChI=1S/C25H21NO5/c1-30-19-12-8-17(9-13-19)23(27)21-22(16-6-4-3-5-7-16)26(25(29)24(21)28)18-10-14-20(31-2)15-11-18/h3-15,28-29H,1-2H3. The predicted molar refractivity (Wildman–Crippen MR) is 118 cm³/mol. The highest BCUT2D eigenvalue weighted by atomic mass is 16.5. The zero-order valence-corrected chi connectivity index (χ0v) is 17.1. The fraction of sp³-hybridized carbons (Fsp3) is 0.0800. The maximum absolute atomic E-state index is 13.4. The molecule has 1 heterocycles. The van der Waals surface area contributed by atoms with E-state index in [0.29, 0.717) is 34.0 Å². The van der Waals surface area contributed by atoms with Crippen molar-refractivity contribution in [1.29, 1.82) is 0 Å². The van der Waals surface area contributed by atoms with Crippen LogP contribution in [0.2, 0.25) is 0 Å². The molecule has 0 saturated carbocycles. The molecular formula is C25H21NO5. The van der Waals surface area contributed by atoms with Gasteiger partial charge in [-0.2, -0.15) is 0 Å². The second kappa shape index (κ2) is 8.28. The summed E-state index contributed by atoms with van der Waals surface area (Å²) in [5.41, 5.74) is 2.01. The van der Waals surface area contributed by atoms with Crippen LogP contribution < -0.4 is 9.47 Å². The molecule has 2 N–H and O–H groups in total. The number of hydrogen-bond donors (Lipinski definition) is 2. The number of aromatic hydroxyl groups is 2. The lowest BCUT2D eigenvalue weighted by atomic mass is 9.99. The van der Waals surface area contributed by atoms with Gasteiger partial charge >= 0.3 is 0 Å². The van der Waals surface area contributed by atoms with E-state index in [0.717, 1.165) is 0 Å². The Hall–Kier alpha value is -4.19. The highest BCUT2D eigenvalue weighted by Crippen LogP contribution is 2.44. The van der Waals surface area contributed by atoms with Crippen LogP contribution in [-0.4, -0.2) is 34.8 Å². The first-order valence-electron chi connectivity index (χ1n) is 9.60. The van der Waals surface area contributed by atoms with Crippen LogP contribution in [0.1, 0.15) is 15.9 Å². The SMILES string of the molecule is COc1ccc(C(=O)c2c(O)c(O)n(-c3ccc(OC)cc3)c2-c2ccccc2)cc1. The van der Waals surface area contributed by atoms with Crippen molar-refractivity contribution in [3.63, 3.8) is 0 Å². The smallest absolute Gasteiger partial charge is 0.240 e. The summed E-state index contributed by atoms with van der Waals surface area (Å²) >= 11 is 0. The second-order valence-corrected chi connectivity index (χ2v) is 6.85. The molecule has 156 valence electrons. The Morgan fingerprint density at radius 2 is 1.32 bits per heavy atom. The number of nitrogens with zero attached hydrogens (tertiary/aromatic N) is 1. The van der Waals surface area contributed by atoms with E-state index < -0.39 is 17.4 Å². The largest absolute Gasteiger partial charge is 0.503 e. The number of ether oxygens (including phenoxy) is 2. The van der Waals surface area contributed by atoms with Crippen molar-refractivity contribution in [2.24, 2.45) is 0 Å². The maximum atomic E-state index is 13.4. The van der Waals surface area contributed by atoms with Crippen molar-refractivity contribution in [2.45, 2.75) is 0 Å². The summed E-state index contributed by atoms with van der Waals surface area (Å²) in [5.74, 6) is -0.0453. The van der Waals surface area contributed by atoms with Crippen molar-refractivity contribution in [1.82, 2.24) is 4.57 Å². The second-order valence-electron chi connectivity index (χ2n) is 6.85. The van der Waals surface area contributed by atoms with Gasteiger partial charge < -0.3 is 19.7 Å². The molecule has 0 fully saturated rings. The molecule has 0 bridgehead atoms. The van der Waals surface area contributed by atoms with E-state index in [2.05, 4.69) is 0 Å². The van der Waals surface area contributed by atoms with Crippen LogP contribution >= 0.6 is 0 Å². The number of ketones is 1. The first-order chi connectivity index (χ1) is 15.0. The lowest BCUT2D eigenvalue weighted by molar-refractivity contribution is 0.103. The molecule has 3 aromatic carbocycles. The van der Waals surface area contributed by atoms with E-state index in [1.54, 1.807) is 62.8 Å². The molecule has 0 unspecified atom stereocenters. The third-order valence-electron chi connectivity index (χ3n) is 5.08. The van der Waals surface area contributed by atoms with Crippen LogP contribution in [0.4, 0.5) is 0 Å². The van der Waals surface area contributed by atoms with Crippen LogP contribution in [0, 0.1) is 0 Å². The lowest BCUT2D eigenvalue weighted by Gasteiger charge is -2.12. The first kappa shape index (κ1) is 20.1. The third-order valence-corrected chi connectivity index (χ3v) is 5.08. The lowest BCUT2D eigenvalue weighted by Crippen LogP contribution is -2.05. The van der Waals surface area contributed by atoms with E-state index >= 15 is 0 Å². The molecule has 6 heteroatoms. The fourth-order valence-corrected chi connectivity index (χ4v) is 3.50. The molecule has 0 radical (unpaired) electrons. The highest BCUT2D eigenvalue weighted by molar-refractivity contribution is 6.15. The van der Waals surface area contributed by atoms with Crippen LogP contribution in [-0.2, 0) is 0 Å². The zero-order chi connectivity index (χ0) is 22.0. The van der Waals surface area contributed by atoms with Gasteiger partial charge in [-0.15, -0.1) is 0 Å². The number of aromatic nitrogens is 1. The van der Waals surface area contributed by atoms with Crippen molar-refractivity contribution in [2.75, 3.05) is 14.2 Å². The number of hydrogen-bond acceptors (Lipinski definition) is 5. The van der Waals surface area contributed by atoms with Gasteiger partial charge in [0.1, 0.15) is 11.5 Å². The molecule has 0 aliphatic heterocycles. The zero-order valence-electron chi connectivity index (χ0n) is 17.1. The van der Waals surface area contributed by atoms with Gasteiger partial charge in [0.25, 0.3) is 0 Å². The van der Waals surface area contributed by atoms with Gasteiger partial charge in [-0.3, -0.25) is 9.36 Å². The highest BCUT2D eigenvalue weighted by Gasteiger charge is 2.29. The third kappa shape index (κ3) is 3.59. The van der Waals surface area contributed by atoms with E-state index in [1.807, 2.05) is 30.3 Å². The Labute approximate surface area is 179 Å². The maximum Gasteiger partial charge on any atom is 0.240 e. The van der Waals surface area contributed by atoms with Crippen LogP contribution in [0.3, 0.4) is 0 Å². The Balaban J connectivity index is 1.95. The average molecular weight is 415 g/mol. The topological polar surface area (TPSA) is 80.9 Å². The van der Waals surface area contributed by atoms with Gasteiger partial charge in [0.05, 0.1) is 25.5 Å². The molecular weight excluding hydrogens is 394 g/mol. The Morgan fingerprint density at radius 3 is 1.87 bits per heavy atom. The summed E-state index contributed by atoms with van der Waals surface area (Å²) in [4.78, 5) is 13.4. The Morgan fingerprint density at radius 1 is 0.774 bits per heavy atom. The minimum absolute atomic E-state index is 0.0182. The quantitative estimate of drug-likeness (QED) is 0.442. The van der Waals surface area contributed by atoms with Crippen molar-refractivity contribution < 1.29 is 24.5 Å². The van der Waals surface area contributed by atoms with E-state index in [1.165, 1.54) is 4.57 Å². The van der Waals surface area contributed by atoms with E-state index in [4.69, 9.17) is 9.47 Å². The summed E-state index contributed by atoms with van der Waals surface area (Å²) < 4.78 is 11.8. The fourth-order valence-electron chi connectivity index (χ4n) is 3.50. The predicted octanol–water partition coefficient (Wildman–Crippen LogP) is 4.80. The molecule has 0 spiro atoms. The van der Waals surface area contributed by atoms with Crippen LogP contribution in [0.5, 0.6) is 23.1 Å². The molecule has 0 saturated heterocycles. The van der Waals surface area contributed by atoms with Gasteiger partial charge in [0.15, 0.2) is 11.5 Å². The van der Waals surface area contributed by atoms with Gasteiger partial charge in [0.2, 0.25) is 5.88 Å². The molecule has 4 rings (SSSR count). The number of rotatable bonds is 6. The number of benzene rings is 3. The van der Waals surface area contributed by atoms with Crippen LogP contribution in [0.25, 0.3) is 16.9 Å². The molecule has 0 aliphatic carbocycles. The van der Waals surface area contributed by atoms with Gasteiger partial charge in [-0.05, 0) is 54.1 Å². The van der Waals surface area contributed by atoms with Crippen molar-refractivity contribution in [3.8, 4) is 40.1 Å². The minimum atomic E-state index is -0.476. The molecule has 0 atom stereocenters. The molecule has 31 heavy (non-hydrogen) atoms. The monoisotopic (exact) mass is 415 g/mol. The van der Waals surface area contributed by atoms with Gasteiger partial charge in [-0.1, -0.05) is 30.3 Å². The normalized spacial score (nSPS) is 10.6. The average Bonchev–Trinajstić information content (AvgIpc) is 3.09. The molecule has 6 nitrogen and oxygen atoms in total. The first-order valence-corrected chi connectivity index (χ1v) is 9.60. The van der Waals surface area contributed by atoms with Gasteiger partial charge in [-0.25, -0.2) is 0 Å². The Kier molecular flexibility index (Phi) is 5.37. The minimum Gasteiger partial charge on any atom is -0.503 e. The van der Waals surface area contributed by atoms with Gasteiger partial charge in [0, 0.05) is 11.3 Å². The summed E-state index contributed by atoms with van der Waals surface area (Å²) in [6.45, 7) is 0. The van der Waals surface area contributed by atoms with Crippen molar-refractivity contribution in [3.05, 3.63) is 90.0 Å². The summed E-state index contributed by atoms with van der Waals surface area (Å²) in [7, 11) is 3.11. The summed E-state index contributed by atoms with van der Waals surface area (Å²) in [6.07, 6.45) is 0. The van der Waals surface area contributed by atoms with E-state index in [9.17, 15) is 15.0 Å². The molecule has 1 aromatic heterocycles. The molecule has 0 amide bonds. The molecule has 4 aromatic rings. The number of carbonyl (C=O) groups excluding carboxylic acids is 1. The number of methoxy groups -OCH3 is 2. The summed E-state index contributed by atoms with van der Waals surface area (Å²) in [6, 6.07) is 22.7. The van der Waals surface area contributed by atoms with E-state index in [-0.39, 0.29) is 5.56 Å². The number of carbonyl (C=O) groups is 1. The Bertz CT molecular complexity index is 1210.